The number of rotatable bonds is 3. The van der Waals surface area contributed by atoms with E-state index < -0.39 is 5.41 Å². The topological polar surface area (TPSA) is 55.1 Å². The van der Waals surface area contributed by atoms with Crippen molar-refractivity contribution in [2.45, 2.75) is 72.3 Å². The van der Waals surface area contributed by atoms with Crippen molar-refractivity contribution in [1.82, 2.24) is 5.32 Å². The highest BCUT2D eigenvalue weighted by Gasteiger charge is 2.66. The van der Waals surface area contributed by atoms with Gasteiger partial charge in [0.2, 0.25) is 5.91 Å². The number of nitrogens with two attached hydrogens (primary N) is 1. The Morgan fingerprint density at radius 1 is 1.05 bits per heavy atom. The van der Waals surface area contributed by atoms with E-state index >= 15 is 0 Å². The van der Waals surface area contributed by atoms with Gasteiger partial charge in [-0.15, -0.1) is 0 Å². The lowest BCUT2D eigenvalue weighted by molar-refractivity contribution is -0.128. The van der Waals surface area contributed by atoms with Crippen molar-refractivity contribution >= 4 is 23.1 Å². The molecule has 2 aliphatic rings. The van der Waals surface area contributed by atoms with Crippen molar-refractivity contribution in [3.05, 3.63) is 0 Å². The zero-order chi connectivity index (χ0) is 15.2. The molecule has 0 aromatic carbocycles. The normalized spacial score (nSPS) is 27.4. The Labute approximate surface area is 128 Å². The minimum absolute atomic E-state index is 0.0653. The van der Waals surface area contributed by atoms with Crippen LogP contribution in [0.15, 0.2) is 0 Å². The van der Waals surface area contributed by atoms with Crippen LogP contribution in [0.25, 0.3) is 0 Å². The molecule has 0 aromatic heterocycles. The molecule has 0 bridgehead atoms. The number of hydrogen-bond acceptors (Lipinski definition) is 2. The minimum atomic E-state index is -0.611. The Kier molecular flexibility index (Phi) is 3.91. The minimum Gasteiger partial charge on any atom is -0.392 e. The van der Waals surface area contributed by atoms with E-state index in [1.54, 1.807) is 0 Å². The number of thiocarbonyl (C=S) groups is 1. The van der Waals surface area contributed by atoms with E-state index in [0.29, 0.717) is 4.99 Å². The van der Waals surface area contributed by atoms with E-state index in [9.17, 15) is 4.79 Å². The van der Waals surface area contributed by atoms with Gasteiger partial charge in [-0.3, -0.25) is 4.79 Å². The lowest BCUT2D eigenvalue weighted by Gasteiger charge is -2.30. The molecule has 1 amide bonds. The van der Waals surface area contributed by atoms with Gasteiger partial charge in [-0.1, -0.05) is 65.6 Å². The van der Waals surface area contributed by atoms with Crippen LogP contribution in [0.3, 0.4) is 0 Å². The van der Waals surface area contributed by atoms with Crippen molar-refractivity contribution < 1.29 is 4.79 Å². The smallest absolute Gasteiger partial charge is 0.233 e. The fourth-order valence-corrected chi connectivity index (χ4v) is 4.04. The summed E-state index contributed by atoms with van der Waals surface area (Å²) in [5.74, 6) is 0.0653. The van der Waals surface area contributed by atoms with Gasteiger partial charge in [0, 0.05) is 6.04 Å². The summed E-state index contributed by atoms with van der Waals surface area (Å²) < 4.78 is 0. The lowest BCUT2D eigenvalue weighted by Crippen LogP contribution is -2.50. The zero-order valence-corrected chi connectivity index (χ0v) is 14.0. The highest BCUT2D eigenvalue weighted by molar-refractivity contribution is 7.80. The monoisotopic (exact) mass is 296 g/mol. The number of nitrogens with one attached hydrogen (secondary N) is 1. The molecular formula is C16H28N2OS. The average molecular weight is 296 g/mol. The summed E-state index contributed by atoms with van der Waals surface area (Å²) in [6.45, 7) is 8.83. The first-order valence-corrected chi connectivity index (χ1v) is 8.18. The number of hydrogen-bond donors (Lipinski definition) is 2. The predicted octanol–water partition coefficient (Wildman–Crippen LogP) is 3.16. The standard InChI is InChI=1S/C16H28N2OS/c1-14(2)11(15(14,3)4)18-13(19)16(12(17)20)9-7-5-6-8-10-16/h11H,5-10H2,1-4H3,(H2,17,20)(H,18,19). The molecule has 20 heavy (non-hydrogen) atoms. The van der Waals surface area contributed by atoms with E-state index in [1.165, 1.54) is 12.8 Å². The maximum absolute atomic E-state index is 12.9. The number of carbonyl (C=O) groups excluding carboxylic acids is 1. The van der Waals surface area contributed by atoms with Crippen LogP contribution in [0.4, 0.5) is 0 Å². The van der Waals surface area contributed by atoms with Gasteiger partial charge in [0.05, 0.1) is 10.4 Å². The molecule has 0 radical (unpaired) electrons. The molecule has 2 rings (SSSR count). The second-order valence-corrected chi connectivity index (χ2v) is 8.15. The van der Waals surface area contributed by atoms with Crippen LogP contribution < -0.4 is 11.1 Å². The van der Waals surface area contributed by atoms with E-state index in [1.807, 2.05) is 0 Å². The summed E-state index contributed by atoms with van der Waals surface area (Å²) in [6, 6.07) is 0.219. The van der Waals surface area contributed by atoms with Crippen LogP contribution in [-0.4, -0.2) is 16.9 Å². The molecule has 114 valence electrons. The van der Waals surface area contributed by atoms with Gasteiger partial charge in [0.25, 0.3) is 0 Å². The van der Waals surface area contributed by atoms with Crippen molar-refractivity contribution in [2.24, 2.45) is 22.0 Å². The first-order valence-electron chi connectivity index (χ1n) is 7.77. The SMILES string of the molecule is CC1(C)C(NC(=O)C2(C(N)=S)CCCCCC2)C1(C)C. The molecule has 0 aromatic rings. The summed E-state index contributed by atoms with van der Waals surface area (Å²) in [6.07, 6.45) is 6.06. The molecule has 0 saturated heterocycles. The molecule has 3 nitrogen and oxygen atoms in total. The molecule has 0 aliphatic heterocycles. The highest BCUT2D eigenvalue weighted by Crippen LogP contribution is 2.62. The Morgan fingerprint density at radius 2 is 1.50 bits per heavy atom. The van der Waals surface area contributed by atoms with Crippen LogP contribution >= 0.6 is 12.2 Å². The fraction of sp³-hybridized carbons (Fsp3) is 0.875. The van der Waals surface area contributed by atoms with Gasteiger partial charge in [0.15, 0.2) is 0 Å². The second-order valence-electron chi connectivity index (χ2n) is 7.71. The molecule has 0 heterocycles. The average Bonchev–Trinajstić information content (AvgIpc) is 2.88. The van der Waals surface area contributed by atoms with Gasteiger partial charge in [-0.05, 0) is 23.7 Å². The Bertz CT molecular complexity index is 406. The quantitative estimate of drug-likeness (QED) is 0.621. The molecular weight excluding hydrogens is 268 g/mol. The van der Waals surface area contributed by atoms with Crippen LogP contribution in [0.2, 0.25) is 0 Å². The Balaban J connectivity index is 2.15. The summed E-state index contributed by atoms with van der Waals surface area (Å²) in [5, 5.41) is 3.25. The van der Waals surface area contributed by atoms with Gasteiger partial charge in [-0.2, -0.15) is 0 Å². The van der Waals surface area contributed by atoms with Crippen molar-refractivity contribution in [3.63, 3.8) is 0 Å². The number of carbonyl (C=O) groups is 1. The summed E-state index contributed by atoms with van der Waals surface area (Å²) in [7, 11) is 0. The van der Waals surface area contributed by atoms with Crippen molar-refractivity contribution in [1.29, 1.82) is 0 Å². The third kappa shape index (κ3) is 2.26. The number of amides is 1. The first kappa shape index (κ1) is 15.7. The van der Waals surface area contributed by atoms with E-state index in [-0.39, 0.29) is 22.8 Å². The first-order chi connectivity index (χ1) is 9.16. The third-order valence-electron chi connectivity index (χ3n) is 6.16. The summed E-state index contributed by atoms with van der Waals surface area (Å²) >= 11 is 5.27. The zero-order valence-electron chi connectivity index (χ0n) is 13.2. The predicted molar refractivity (Wildman–Crippen MR) is 86.4 cm³/mol. The van der Waals surface area contributed by atoms with E-state index in [4.69, 9.17) is 18.0 Å². The maximum Gasteiger partial charge on any atom is 0.233 e. The summed E-state index contributed by atoms with van der Waals surface area (Å²) in [5.41, 5.74) is 5.65. The molecule has 2 aliphatic carbocycles. The third-order valence-corrected chi connectivity index (χ3v) is 6.55. The highest BCUT2D eigenvalue weighted by atomic mass is 32.1. The van der Waals surface area contributed by atoms with Crippen molar-refractivity contribution in [2.75, 3.05) is 0 Å². The second kappa shape index (κ2) is 4.97. The van der Waals surface area contributed by atoms with Gasteiger partial charge in [0.1, 0.15) is 0 Å². The molecule has 0 spiro atoms. The largest absolute Gasteiger partial charge is 0.392 e. The molecule has 0 unspecified atom stereocenters. The Hall–Kier alpha value is -0.640. The maximum atomic E-state index is 12.9. The van der Waals surface area contributed by atoms with Crippen LogP contribution in [0.5, 0.6) is 0 Å². The van der Waals surface area contributed by atoms with Crippen LogP contribution in [0.1, 0.15) is 66.2 Å². The lowest BCUT2D eigenvalue weighted by atomic mass is 9.79. The van der Waals surface area contributed by atoms with Gasteiger partial charge < -0.3 is 11.1 Å². The summed E-state index contributed by atoms with van der Waals surface area (Å²) in [4.78, 5) is 13.2. The van der Waals surface area contributed by atoms with Gasteiger partial charge in [-0.25, -0.2) is 0 Å². The fourth-order valence-electron chi connectivity index (χ4n) is 3.74. The molecule has 2 fully saturated rings. The van der Waals surface area contributed by atoms with E-state index in [0.717, 1.165) is 25.7 Å². The molecule has 4 heteroatoms. The van der Waals surface area contributed by atoms with E-state index in [2.05, 4.69) is 33.0 Å². The van der Waals surface area contributed by atoms with Gasteiger partial charge >= 0.3 is 0 Å². The molecule has 0 atom stereocenters. The Morgan fingerprint density at radius 3 is 1.85 bits per heavy atom. The van der Waals surface area contributed by atoms with Crippen molar-refractivity contribution in [3.8, 4) is 0 Å². The van der Waals surface area contributed by atoms with Crippen LogP contribution in [-0.2, 0) is 4.79 Å². The molecule has 2 saturated carbocycles. The van der Waals surface area contributed by atoms with Crippen LogP contribution in [0, 0.1) is 16.2 Å². The molecule has 3 N–H and O–H groups in total.